The minimum atomic E-state index is -0.515. The van der Waals surface area contributed by atoms with E-state index in [0.29, 0.717) is 6.54 Å². The van der Waals surface area contributed by atoms with Gasteiger partial charge in [0.15, 0.2) is 0 Å². The monoisotopic (exact) mass is 336 g/mol. The first kappa shape index (κ1) is 16.2. The van der Waals surface area contributed by atoms with Crippen LogP contribution in [0.25, 0.3) is 0 Å². The molecule has 1 aromatic rings. The standard InChI is InChI=1S/C17H21ClN2O3/c18-15-6-5-13(20(22)23)9-14(15)16(21)19-11-17-7-1-3-12(10-17)4-2-8-17/h5-6,9,12H,1-4,7-8,10-11H2,(H,19,21). The summed E-state index contributed by atoms with van der Waals surface area (Å²) in [5.41, 5.74) is 0.276. The van der Waals surface area contributed by atoms with Crippen molar-refractivity contribution in [2.45, 2.75) is 44.9 Å². The lowest BCUT2D eigenvalue weighted by atomic mass is 9.62. The third-order valence-corrected chi connectivity index (χ3v) is 5.72. The number of benzene rings is 1. The second kappa shape index (κ2) is 6.48. The number of carbonyl (C=O) groups is 1. The van der Waals surface area contributed by atoms with Crippen molar-refractivity contribution in [3.05, 3.63) is 38.9 Å². The van der Waals surface area contributed by atoms with Crippen molar-refractivity contribution in [3.63, 3.8) is 0 Å². The SMILES string of the molecule is O=C(NCC12CCCC(CCC1)C2)c1cc([N+](=O)[O-])ccc1Cl. The number of rotatable bonds is 4. The van der Waals surface area contributed by atoms with Crippen LogP contribution in [-0.2, 0) is 0 Å². The van der Waals surface area contributed by atoms with Gasteiger partial charge in [0.1, 0.15) is 0 Å². The Morgan fingerprint density at radius 2 is 2.04 bits per heavy atom. The maximum Gasteiger partial charge on any atom is 0.270 e. The molecule has 3 rings (SSSR count). The molecule has 1 N–H and O–H groups in total. The molecule has 0 heterocycles. The summed E-state index contributed by atoms with van der Waals surface area (Å²) >= 11 is 6.04. The Morgan fingerprint density at radius 3 is 2.70 bits per heavy atom. The van der Waals surface area contributed by atoms with E-state index in [1.807, 2.05) is 0 Å². The number of nitrogens with zero attached hydrogens (tertiary/aromatic N) is 1. The van der Waals surface area contributed by atoms with E-state index in [0.717, 1.165) is 18.8 Å². The summed E-state index contributed by atoms with van der Waals surface area (Å²) in [4.78, 5) is 22.8. The fourth-order valence-electron chi connectivity index (χ4n) is 4.23. The van der Waals surface area contributed by atoms with Crippen LogP contribution in [0.3, 0.4) is 0 Å². The highest BCUT2D eigenvalue weighted by Crippen LogP contribution is 2.48. The third-order valence-electron chi connectivity index (χ3n) is 5.39. The summed E-state index contributed by atoms with van der Waals surface area (Å²) in [6, 6.07) is 3.97. The Kier molecular flexibility index (Phi) is 4.57. The molecule has 1 aromatic carbocycles. The molecule has 2 fully saturated rings. The van der Waals surface area contributed by atoms with Crippen molar-refractivity contribution in [2.75, 3.05) is 6.54 Å². The highest BCUT2D eigenvalue weighted by atomic mass is 35.5. The second-order valence-corrected chi connectivity index (χ2v) is 7.37. The molecular formula is C17H21ClN2O3. The van der Waals surface area contributed by atoms with Crippen LogP contribution in [0, 0.1) is 21.4 Å². The summed E-state index contributed by atoms with van der Waals surface area (Å²) in [7, 11) is 0. The number of non-ortho nitro benzene ring substituents is 1. The first-order valence-electron chi connectivity index (χ1n) is 8.21. The Hall–Kier alpha value is -1.62. The number of nitro benzene ring substituents is 1. The van der Waals surface area contributed by atoms with E-state index in [-0.39, 0.29) is 27.6 Å². The Balaban J connectivity index is 1.70. The van der Waals surface area contributed by atoms with Gasteiger partial charge in [-0.3, -0.25) is 14.9 Å². The van der Waals surface area contributed by atoms with Gasteiger partial charge in [0, 0.05) is 18.7 Å². The number of hydrogen-bond donors (Lipinski definition) is 1. The number of fused-ring (bicyclic) bond motifs is 2. The molecule has 2 aliphatic carbocycles. The molecule has 124 valence electrons. The topological polar surface area (TPSA) is 72.2 Å². The normalized spacial score (nSPS) is 26.6. The second-order valence-electron chi connectivity index (χ2n) is 6.96. The Morgan fingerprint density at radius 1 is 1.35 bits per heavy atom. The first-order chi connectivity index (χ1) is 11.0. The van der Waals surface area contributed by atoms with Gasteiger partial charge in [-0.05, 0) is 36.7 Å². The number of nitrogens with one attached hydrogen (secondary N) is 1. The molecule has 0 unspecified atom stereocenters. The number of nitro groups is 1. The quantitative estimate of drug-likeness (QED) is 0.656. The van der Waals surface area contributed by atoms with Crippen molar-refractivity contribution < 1.29 is 9.72 Å². The van der Waals surface area contributed by atoms with E-state index in [1.54, 1.807) is 0 Å². The van der Waals surface area contributed by atoms with Gasteiger partial charge in [-0.1, -0.05) is 37.3 Å². The predicted molar refractivity (Wildman–Crippen MR) is 88.7 cm³/mol. The molecule has 6 heteroatoms. The van der Waals surface area contributed by atoms with Gasteiger partial charge in [0.05, 0.1) is 15.5 Å². The Bertz CT molecular complexity index is 622. The maximum atomic E-state index is 12.4. The van der Waals surface area contributed by atoms with E-state index in [9.17, 15) is 14.9 Å². The van der Waals surface area contributed by atoms with Gasteiger partial charge in [-0.15, -0.1) is 0 Å². The van der Waals surface area contributed by atoms with Gasteiger partial charge >= 0.3 is 0 Å². The zero-order chi connectivity index (χ0) is 16.4. The molecule has 2 bridgehead atoms. The molecular weight excluding hydrogens is 316 g/mol. The predicted octanol–water partition coefficient (Wildman–Crippen LogP) is 4.34. The summed E-state index contributed by atoms with van der Waals surface area (Å²) in [6.45, 7) is 0.640. The zero-order valence-corrected chi connectivity index (χ0v) is 13.8. The van der Waals surface area contributed by atoms with Crippen molar-refractivity contribution >= 4 is 23.2 Å². The maximum absolute atomic E-state index is 12.4. The Labute approximate surface area is 140 Å². The molecule has 0 aliphatic heterocycles. The molecule has 1 amide bonds. The minimum absolute atomic E-state index is 0.117. The van der Waals surface area contributed by atoms with Crippen molar-refractivity contribution in [1.29, 1.82) is 0 Å². The van der Waals surface area contributed by atoms with Crippen LogP contribution in [0.4, 0.5) is 5.69 Å². The highest BCUT2D eigenvalue weighted by Gasteiger charge is 2.39. The lowest BCUT2D eigenvalue weighted by Crippen LogP contribution is -2.43. The van der Waals surface area contributed by atoms with Crippen molar-refractivity contribution in [1.82, 2.24) is 5.32 Å². The van der Waals surface area contributed by atoms with Crippen LogP contribution in [0.5, 0.6) is 0 Å². The van der Waals surface area contributed by atoms with Gasteiger partial charge in [0.2, 0.25) is 0 Å². The number of amides is 1. The van der Waals surface area contributed by atoms with Crippen LogP contribution in [0.15, 0.2) is 18.2 Å². The number of halogens is 1. The minimum Gasteiger partial charge on any atom is -0.351 e. The van der Waals surface area contributed by atoms with Crippen LogP contribution in [0.2, 0.25) is 5.02 Å². The van der Waals surface area contributed by atoms with E-state index in [2.05, 4.69) is 5.32 Å². The average molecular weight is 337 g/mol. The molecule has 23 heavy (non-hydrogen) atoms. The molecule has 0 saturated heterocycles. The van der Waals surface area contributed by atoms with Crippen molar-refractivity contribution in [3.8, 4) is 0 Å². The third kappa shape index (κ3) is 3.50. The van der Waals surface area contributed by atoms with Crippen LogP contribution < -0.4 is 5.32 Å². The summed E-state index contributed by atoms with van der Waals surface area (Å²) in [6.07, 6.45) is 8.60. The molecule has 2 saturated carbocycles. The van der Waals surface area contributed by atoms with Crippen LogP contribution in [0.1, 0.15) is 55.3 Å². The number of carbonyl (C=O) groups excluding carboxylic acids is 1. The number of hydrogen-bond acceptors (Lipinski definition) is 3. The lowest BCUT2D eigenvalue weighted by Gasteiger charge is -2.45. The summed E-state index contributed by atoms with van der Waals surface area (Å²) in [5.74, 6) is 0.483. The lowest BCUT2D eigenvalue weighted by molar-refractivity contribution is -0.384. The summed E-state index contributed by atoms with van der Waals surface area (Å²) < 4.78 is 0. The largest absolute Gasteiger partial charge is 0.351 e. The van der Waals surface area contributed by atoms with E-state index >= 15 is 0 Å². The van der Waals surface area contributed by atoms with Crippen LogP contribution >= 0.6 is 11.6 Å². The van der Waals surface area contributed by atoms with Gasteiger partial charge in [-0.2, -0.15) is 0 Å². The molecule has 0 atom stereocenters. The fraction of sp³-hybridized carbons (Fsp3) is 0.588. The highest BCUT2D eigenvalue weighted by molar-refractivity contribution is 6.33. The van der Waals surface area contributed by atoms with E-state index in [4.69, 9.17) is 11.6 Å². The van der Waals surface area contributed by atoms with Crippen molar-refractivity contribution in [2.24, 2.45) is 11.3 Å². The molecule has 0 spiro atoms. The average Bonchev–Trinajstić information content (AvgIpc) is 2.53. The molecule has 0 radical (unpaired) electrons. The van der Waals surface area contributed by atoms with E-state index < -0.39 is 4.92 Å². The molecule has 2 aliphatic rings. The van der Waals surface area contributed by atoms with Gasteiger partial charge in [-0.25, -0.2) is 0 Å². The van der Waals surface area contributed by atoms with Gasteiger partial charge in [0.25, 0.3) is 11.6 Å². The fourth-order valence-corrected chi connectivity index (χ4v) is 4.44. The summed E-state index contributed by atoms with van der Waals surface area (Å²) in [5, 5.41) is 14.1. The van der Waals surface area contributed by atoms with Crippen LogP contribution in [-0.4, -0.2) is 17.4 Å². The van der Waals surface area contributed by atoms with Gasteiger partial charge < -0.3 is 5.32 Å². The molecule has 5 nitrogen and oxygen atoms in total. The van der Waals surface area contributed by atoms with E-state index in [1.165, 1.54) is 50.3 Å². The molecule has 0 aromatic heterocycles. The zero-order valence-electron chi connectivity index (χ0n) is 13.0. The smallest absolute Gasteiger partial charge is 0.270 e. The first-order valence-corrected chi connectivity index (χ1v) is 8.59.